The molecule has 2 aromatic carbocycles. The van der Waals surface area contributed by atoms with Crippen LogP contribution in [0.5, 0.6) is 0 Å². The van der Waals surface area contributed by atoms with Crippen molar-refractivity contribution < 1.29 is 23.1 Å². The maximum Gasteiger partial charge on any atom is 0.324 e. The van der Waals surface area contributed by atoms with E-state index in [0.29, 0.717) is 15.0 Å². The summed E-state index contributed by atoms with van der Waals surface area (Å²) in [6.07, 6.45) is 0. The fourth-order valence-corrected chi connectivity index (χ4v) is 5.58. The van der Waals surface area contributed by atoms with Gasteiger partial charge in [-0.25, -0.2) is 8.42 Å². The van der Waals surface area contributed by atoms with Crippen LogP contribution in [0.3, 0.4) is 0 Å². The molecule has 1 aromatic heterocycles. The Morgan fingerprint density at radius 2 is 1.71 bits per heavy atom. The van der Waals surface area contributed by atoms with E-state index in [4.69, 9.17) is 28.9 Å². The van der Waals surface area contributed by atoms with Gasteiger partial charge in [0.05, 0.1) is 15.5 Å². The number of nitrogens with zero attached hydrogens (tertiary/aromatic N) is 1. The van der Waals surface area contributed by atoms with Gasteiger partial charge in [0.2, 0.25) is 0 Å². The van der Waals surface area contributed by atoms with Crippen molar-refractivity contribution in [2.75, 3.05) is 10.8 Å². The first kappa shape index (κ1) is 20.4. The smallest absolute Gasteiger partial charge is 0.324 e. The van der Waals surface area contributed by atoms with Crippen LogP contribution in [0.1, 0.15) is 9.67 Å². The number of amides is 1. The highest BCUT2D eigenvalue weighted by Crippen LogP contribution is 2.32. The standard InChI is InChI=1S/C17H12Cl2N2O5S2/c18-10-5-11(19)7-13(6-10)28(25,26)21(8-16(22)23)12-1-2-14-9(3-12)4-15(27-14)17(20)24/h1-7H,8H2,(H2,20,24)(H,22,23). The Morgan fingerprint density at radius 1 is 1.07 bits per heavy atom. The van der Waals surface area contributed by atoms with Crippen molar-refractivity contribution in [3.05, 3.63) is 57.4 Å². The van der Waals surface area contributed by atoms with Crippen LogP contribution >= 0.6 is 34.5 Å². The molecule has 11 heteroatoms. The molecule has 0 unspecified atom stereocenters. The number of nitrogens with two attached hydrogens (primary N) is 1. The monoisotopic (exact) mass is 458 g/mol. The van der Waals surface area contributed by atoms with Gasteiger partial charge in [-0.1, -0.05) is 23.2 Å². The number of primary amides is 1. The normalized spacial score (nSPS) is 11.5. The number of carbonyl (C=O) groups is 2. The number of benzene rings is 2. The van der Waals surface area contributed by atoms with Crippen molar-refractivity contribution in [3.8, 4) is 0 Å². The minimum atomic E-state index is -4.28. The topological polar surface area (TPSA) is 118 Å². The molecule has 0 aliphatic heterocycles. The number of carboxylic acid groups (broad SMARTS) is 1. The molecule has 0 bridgehead atoms. The van der Waals surface area contributed by atoms with E-state index in [1.165, 1.54) is 36.4 Å². The largest absolute Gasteiger partial charge is 0.480 e. The van der Waals surface area contributed by atoms with Crippen molar-refractivity contribution in [2.45, 2.75) is 4.90 Å². The van der Waals surface area contributed by atoms with Crippen LogP contribution in [0.4, 0.5) is 5.69 Å². The number of hydrogen-bond donors (Lipinski definition) is 2. The zero-order valence-electron chi connectivity index (χ0n) is 13.9. The third kappa shape index (κ3) is 4.07. The predicted molar refractivity (Wildman–Crippen MR) is 109 cm³/mol. The zero-order chi connectivity index (χ0) is 20.6. The molecule has 0 saturated carbocycles. The van der Waals surface area contributed by atoms with Gasteiger partial charge in [-0.2, -0.15) is 0 Å². The van der Waals surface area contributed by atoms with Gasteiger partial charge in [-0.05, 0) is 47.9 Å². The number of halogens is 2. The Bertz CT molecular complexity index is 1190. The van der Waals surface area contributed by atoms with Crippen LogP contribution in [-0.4, -0.2) is 31.9 Å². The Labute approximate surface area is 173 Å². The molecule has 0 spiro atoms. The lowest BCUT2D eigenvalue weighted by Gasteiger charge is -2.23. The maximum absolute atomic E-state index is 13.1. The van der Waals surface area contributed by atoms with E-state index >= 15 is 0 Å². The number of carboxylic acids is 1. The van der Waals surface area contributed by atoms with E-state index in [2.05, 4.69) is 0 Å². The number of fused-ring (bicyclic) bond motifs is 1. The molecule has 0 aliphatic rings. The summed E-state index contributed by atoms with van der Waals surface area (Å²) in [5.41, 5.74) is 5.39. The van der Waals surface area contributed by atoms with E-state index in [-0.39, 0.29) is 20.6 Å². The van der Waals surface area contributed by atoms with Crippen LogP contribution < -0.4 is 10.0 Å². The average molecular weight is 459 g/mol. The molecule has 146 valence electrons. The zero-order valence-corrected chi connectivity index (χ0v) is 17.1. The van der Waals surface area contributed by atoms with Gasteiger partial charge in [-0.15, -0.1) is 11.3 Å². The first-order valence-corrected chi connectivity index (χ1v) is 10.6. The van der Waals surface area contributed by atoms with Crippen LogP contribution in [0.2, 0.25) is 10.0 Å². The molecular formula is C17H12Cl2N2O5S2. The first-order valence-electron chi connectivity index (χ1n) is 7.62. The summed E-state index contributed by atoms with van der Waals surface area (Å²) in [5, 5.41) is 9.99. The number of thiophene rings is 1. The Hall–Kier alpha value is -2.33. The highest BCUT2D eigenvalue weighted by atomic mass is 35.5. The lowest BCUT2D eigenvalue weighted by molar-refractivity contribution is -0.135. The van der Waals surface area contributed by atoms with E-state index in [1.54, 1.807) is 6.07 Å². The number of rotatable bonds is 6. The summed E-state index contributed by atoms with van der Waals surface area (Å²) in [5.74, 6) is -1.95. The molecule has 1 heterocycles. The second kappa shape index (κ2) is 7.59. The van der Waals surface area contributed by atoms with Crippen molar-refractivity contribution in [3.63, 3.8) is 0 Å². The fraction of sp³-hybridized carbons (Fsp3) is 0.0588. The van der Waals surface area contributed by atoms with E-state index in [1.807, 2.05) is 0 Å². The number of sulfonamides is 1. The molecule has 0 radical (unpaired) electrons. The van der Waals surface area contributed by atoms with E-state index in [0.717, 1.165) is 15.6 Å². The predicted octanol–water partition coefficient (Wildman–Crippen LogP) is 3.59. The van der Waals surface area contributed by atoms with E-state index in [9.17, 15) is 23.1 Å². The average Bonchev–Trinajstić information content (AvgIpc) is 3.02. The number of aliphatic carboxylic acids is 1. The molecule has 3 rings (SSSR count). The molecule has 0 saturated heterocycles. The van der Waals surface area contributed by atoms with Crippen LogP contribution in [0.25, 0.3) is 10.1 Å². The SMILES string of the molecule is NC(=O)c1cc2cc(N(CC(=O)O)S(=O)(=O)c3cc(Cl)cc(Cl)c3)ccc2s1. The third-order valence-electron chi connectivity index (χ3n) is 3.73. The van der Waals surface area contributed by atoms with Crippen molar-refractivity contribution >= 4 is 72.2 Å². The summed E-state index contributed by atoms with van der Waals surface area (Å²) in [6.45, 7) is -0.815. The minimum absolute atomic E-state index is 0.0979. The summed E-state index contributed by atoms with van der Waals surface area (Å²) in [7, 11) is -4.28. The molecular weight excluding hydrogens is 447 g/mol. The summed E-state index contributed by atoms with van der Waals surface area (Å²) in [6, 6.07) is 9.79. The lowest BCUT2D eigenvalue weighted by atomic mass is 10.2. The van der Waals surface area contributed by atoms with Crippen LogP contribution in [-0.2, 0) is 14.8 Å². The number of carbonyl (C=O) groups excluding carboxylic acids is 1. The quantitative estimate of drug-likeness (QED) is 0.584. The van der Waals surface area contributed by atoms with Crippen molar-refractivity contribution in [1.29, 1.82) is 0 Å². The molecule has 28 heavy (non-hydrogen) atoms. The van der Waals surface area contributed by atoms with Crippen molar-refractivity contribution in [1.82, 2.24) is 0 Å². The van der Waals surface area contributed by atoms with Gasteiger partial charge < -0.3 is 10.8 Å². The lowest BCUT2D eigenvalue weighted by Crippen LogP contribution is -2.35. The summed E-state index contributed by atoms with van der Waals surface area (Å²) in [4.78, 5) is 22.8. The molecule has 3 aromatic rings. The molecule has 0 fully saturated rings. The molecule has 3 N–H and O–H groups in total. The van der Waals surface area contributed by atoms with Gasteiger partial charge in [0.15, 0.2) is 0 Å². The van der Waals surface area contributed by atoms with Crippen LogP contribution in [0, 0.1) is 0 Å². The summed E-state index contributed by atoms with van der Waals surface area (Å²) < 4.78 is 27.6. The number of hydrogen-bond acceptors (Lipinski definition) is 5. The molecule has 7 nitrogen and oxygen atoms in total. The van der Waals surface area contributed by atoms with Gasteiger partial charge >= 0.3 is 5.97 Å². The van der Waals surface area contributed by atoms with Gasteiger partial charge in [0.1, 0.15) is 6.54 Å². The van der Waals surface area contributed by atoms with Gasteiger partial charge in [-0.3, -0.25) is 13.9 Å². The third-order valence-corrected chi connectivity index (χ3v) is 7.05. The highest BCUT2D eigenvalue weighted by molar-refractivity contribution is 7.92. The molecule has 0 aliphatic carbocycles. The van der Waals surface area contributed by atoms with Crippen LogP contribution in [0.15, 0.2) is 47.4 Å². The second-order valence-electron chi connectivity index (χ2n) is 5.71. The van der Waals surface area contributed by atoms with E-state index < -0.39 is 28.4 Å². The Morgan fingerprint density at radius 3 is 2.29 bits per heavy atom. The Kier molecular flexibility index (Phi) is 5.53. The molecule has 1 amide bonds. The second-order valence-corrected chi connectivity index (χ2v) is 9.53. The maximum atomic E-state index is 13.1. The highest BCUT2D eigenvalue weighted by Gasteiger charge is 2.28. The summed E-state index contributed by atoms with van der Waals surface area (Å²) >= 11 is 12.9. The molecule has 0 atom stereocenters. The number of anilines is 1. The minimum Gasteiger partial charge on any atom is -0.480 e. The van der Waals surface area contributed by atoms with Gasteiger partial charge in [0.25, 0.3) is 15.9 Å². The first-order chi connectivity index (χ1) is 13.1. The van der Waals surface area contributed by atoms with Gasteiger partial charge in [0, 0.05) is 14.7 Å². The van der Waals surface area contributed by atoms with Crippen molar-refractivity contribution in [2.24, 2.45) is 5.73 Å². The fourth-order valence-electron chi connectivity index (χ4n) is 2.55. The Balaban J connectivity index is 2.15.